The zero-order valence-electron chi connectivity index (χ0n) is 15.4. The fourth-order valence-electron chi connectivity index (χ4n) is 4.36. The maximum absolute atomic E-state index is 12.5. The van der Waals surface area contributed by atoms with Gasteiger partial charge >= 0.3 is 0 Å². The lowest BCUT2D eigenvalue weighted by Crippen LogP contribution is -2.61. The van der Waals surface area contributed by atoms with E-state index in [9.17, 15) is 4.79 Å². The molecule has 0 unspecified atom stereocenters. The third-order valence-corrected chi connectivity index (χ3v) is 6.20. The Balaban J connectivity index is 1.58. The Bertz CT molecular complexity index is 437. The van der Waals surface area contributed by atoms with Crippen molar-refractivity contribution in [1.82, 2.24) is 9.80 Å². The van der Waals surface area contributed by atoms with Crippen LogP contribution in [0.3, 0.4) is 0 Å². The molecule has 0 radical (unpaired) electrons. The molecular weight excluding hydrogens is 288 g/mol. The van der Waals surface area contributed by atoms with Gasteiger partial charge in [0.25, 0.3) is 5.91 Å². The number of rotatable bonds is 5. The van der Waals surface area contributed by atoms with E-state index in [2.05, 4.69) is 37.6 Å². The Morgan fingerprint density at radius 3 is 2.43 bits per heavy atom. The van der Waals surface area contributed by atoms with Crippen LogP contribution in [0.2, 0.25) is 0 Å². The molecule has 1 aliphatic heterocycles. The molecule has 2 saturated carbocycles. The molecule has 0 N–H and O–H groups in total. The summed E-state index contributed by atoms with van der Waals surface area (Å²) >= 11 is 0. The van der Waals surface area contributed by atoms with Crippen molar-refractivity contribution in [1.29, 1.82) is 0 Å². The highest BCUT2D eigenvalue weighted by Crippen LogP contribution is 2.51. The van der Waals surface area contributed by atoms with E-state index >= 15 is 0 Å². The van der Waals surface area contributed by atoms with Crippen molar-refractivity contribution in [2.75, 3.05) is 26.7 Å². The number of carbonyl (C=O) groups is 1. The number of hydrogen-bond acceptors (Lipinski definition) is 3. The standard InChI is InChI=1S/C19H34N2O2/c1-5-21-14-18(23-19(11-12-19)17(21)22)9-6-16(7-10-18)20(4)13-8-15(2)3/h15-16H,5-14H2,1-4H3/t16-,18+. The number of ether oxygens (including phenoxy) is 1. The topological polar surface area (TPSA) is 32.8 Å². The number of morpholine rings is 1. The van der Waals surface area contributed by atoms with Gasteiger partial charge in [-0.05, 0) is 71.4 Å². The van der Waals surface area contributed by atoms with Crippen LogP contribution in [0.1, 0.15) is 65.7 Å². The number of carbonyl (C=O) groups excluding carboxylic acids is 1. The minimum absolute atomic E-state index is 0.0597. The molecule has 132 valence electrons. The summed E-state index contributed by atoms with van der Waals surface area (Å²) in [5.41, 5.74) is -0.486. The molecule has 0 aromatic rings. The molecule has 0 aromatic carbocycles. The smallest absolute Gasteiger partial charge is 0.254 e. The largest absolute Gasteiger partial charge is 0.357 e. The fourth-order valence-corrected chi connectivity index (χ4v) is 4.36. The van der Waals surface area contributed by atoms with E-state index in [4.69, 9.17) is 4.74 Å². The molecule has 0 atom stereocenters. The van der Waals surface area contributed by atoms with Gasteiger partial charge in [-0.25, -0.2) is 0 Å². The van der Waals surface area contributed by atoms with Crippen LogP contribution in [0.5, 0.6) is 0 Å². The molecular formula is C19H34N2O2. The van der Waals surface area contributed by atoms with E-state index in [-0.39, 0.29) is 11.5 Å². The van der Waals surface area contributed by atoms with Gasteiger partial charge in [0.15, 0.2) is 0 Å². The van der Waals surface area contributed by atoms with Crippen LogP contribution in [-0.4, -0.2) is 59.6 Å². The van der Waals surface area contributed by atoms with Gasteiger partial charge in [-0.3, -0.25) is 4.79 Å². The molecule has 1 heterocycles. The van der Waals surface area contributed by atoms with Crippen LogP contribution in [0.4, 0.5) is 0 Å². The highest BCUT2D eigenvalue weighted by molar-refractivity contribution is 5.89. The molecule has 23 heavy (non-hydrogen) atoms. The Labute approximate surface area is 141 Å². The molecule has 3 rings (SSSR count). The lowest BCUT2D eigenvalue weighted by atomic mass is 9.79. The minimum atomic E-state index is -0.426. The Hall–Kier alpha value is -0.610. The molecule has 2 aliphatic carbocycles. The third kappa shape index (κ3) is 3.43. The van der Waals surface area contributed by atoms with Crippen molar-refractivity contribution in [3.8, 4) is 0 Å². The van der Waals surface area contributed by atoms with Crippen LogP contribution in [0.15, 0.2) is 0 Å². The molecule has 3 aliphatic rings. The molecule has 2 spiro atoms. The third-order valence-electron chi connectivity index (χ3n) is 6.20. The van der Waals surface area contributed by atoms with E-state index in [1.54, 1.807) is 0 Å². The zero-order valence-corrected chi connectivity index (χ0v) is 15.4. The summed E-state index contributed by atoms with van der Waals surface area (Å²) in [6.07, 6.45) is 7.76. The monoisotopic (exact) mass is 322 g/mol. The average molecular weight is 322 g/mol. The summed E-state index contributed by atoms with van der Waals surface area (Å²) < 4.78 is 6.47. The summed E-state index contributed by atoms with van der Waals surface area (Å²) in [5.74, 6) is 1.02. The van der Waals surface area contributed by atoms with Crippen LogP contribution >= 0.6 is 0 Å². The molecule has 0 aromatic heterocycles. The van der Waals surface area contributed by atoms with Crippen LogP contribution in [-0.2, 0) is 9.53 Å². The average Bonchev–Trinajstić information content (AvgIpc) is 3.29. The van der Waals surface area contributed by atoms with Crippen molar-refractivity contribution >= 4 is 5.91 Å². The van der Waals surface area contributed by atoms with Gasteiger partial charge in [0.2, 0.25) is 0 Å². The van der Waals surface area contributed by atoms with Crippen LogP contribution in [0, 0.1) is 5.92 Å². The van der Waals surface area contributed by atoms with E-state index in [0.29, 0.717) is 6.04 Å². The first-order chi connectivity index (χ1) is 10.9. The Morgan fingerprint density at radius 2 is 1.91 bits per heavy atom. The Kier molecular flexibility index (Phi) is 4.76. The fraction of sp³-hybridized carbons (Fsp3) is 0.947. The van der Waals surface area contributed by atoms with Crippen LogP contribution in [0.25, 0.3) is 0 Å². The van der Waals surface area contributed by atoms with Crippen molar-refractivity contribution in [3.63, 3.8) is 0 Å². The van der Waals surface area contributed by atoms with Gasteiger partial charge < -0.3 is 14.5 Å². The molecule has 1 saturated heterocycles. The highest BCUT2D eigenvalue weighted by atomic mass is 16.5. The summed E-state index contributed by atoms with van der Waals surface area (Å²) in [6, 6.07) is 0.686. The first-order valence-electron chi connectivity index (χ1n) is 9.59. The second-order valence-corrected chi connectivity index (χ2v) is 8.49. The van der Waals surface area contributed by atoms with E-state index in [1.807, 2.05) is 0 Å². The summed E-state index contributed by atoms with van der Waals surface area (Å²) in [6.45, 7) is 9.52. The van der Waals surface area contributed by atoms with Crippen LogP contribution < -0.4 is 0 Å². The predicted molar refractivity (Wildman–Crippen MR) is 92.4 cm³/mol. The number of likely N-dealkylation sites (N-methyl/N-ethyl adjacent to an activating group) is 1. The minimum Gasteiger partial charge on any atom is -0.357 e. The number of hydrogen-bond donors (Lipinski definition) is 0. The lowest BCUT2D eigenvalue weighted by molar-refractivity contribution is -0.199. The van der Waals surface area contributed by atoms with Crippen molar-refractivity contribution in [2.24, 2.45) is 5.92 Å². The summed E-state index contributed by atoms with van der Waals surface area (Å²) in [7, 11) is 2.27. The highest BCUT2D eigenvalue weighted by Gasteiger charge is 2.61. The summed E-state index contributed by atoms with van der Waals surface area (Å²) in [5, 5.41) is 0. The van der Waals surface area contributed by atoms with E-state index in [0.717, 1.165) is 44.7 Å². The predicted octanol–water partition coefficient (Wildman–Crippen LogP) is 3.06. The van der Waals surface area contributed by atoms with Gasteiger partial charge in [-0.15, -0.1) is 0 Å². The normalized spacial score (nSPS) is 33.2. The van der Waals surface area contributed by atoms with Gasteiger partial charge in [-0.1, -0.05) is 13.8 Å². The van der Waals surface area contributed by atoms with Crippen molar-refractivity contribution in [3.05, 3.63) is 0 Å². The second-order valence-electron chi connectivity index (χ2n) is 8.49. The van der Waals surface area contributed by atoms with Gasteiger partial charge in [0, 0.05) is 19.1 Å². The zero-order chi connectivity index (χ0) is 16.7. The number of nitrogens with zero attached hydrogens (tertiary/aromatic N) is 2. The lowest BCUT2D eigenvalue weighted by Gasteiger charge is -2.50. The second kappa shape index (κ2) is 6.36. The van der Waals surface area contributed by atoms with E-state index < -0.39 is 5.60 Å². The van der Waals surface area contributed by atoms with E-state index in [1.165, 1.54) is 25.8 Å². The first kappa shape index (κ1) is 17.2. The maximum atomic E-state index is 12.5. The molecule has 3 fully saturated rings. The molecule has 0 bridgehead atoms. The molecule has 1 amide bonds. The molecule has 4 heteroatoms. The van der Waals surface area contributed by atoms with Crippen molar-refractivity contribution in [2.45, 2.75) is 83.0 Å². The maximum Gasteiger partial charge on any atom is 0.254 e. The van der Waals surface area contributed by atoms with Crippen molar-refractivity contribution < 1.29 is 9.53 Å². The molecule has 4 nitrogen and oxygen atoms in total. The quantitative estimate of drug-likeness (QED) is 0.780. The van der Waals surface area contributed by atoms with Gasteiger partial charge in [-0.2, -0.15) is 0 Å². The Morgan fingerprint density at radius 1 is 1.26 bits per heavy atom. The summed E-state index contributed by atoms with van der Waals surface area (Å²) in [4.78, 5) is 17.1. The first-order valence-corrected chi connectivity index (χ1v) is 9.59. The van der Waals surface area contributed by atoms with Gasteiger partial charge in [0.1, 0.15) is 5.60 Å². The SMILES string of the molecule is CCN1C[C@]2(CC[C@H](N(C)CCC(C)C)CC2)OC2(CC2)C1=O. The number of amides is 1. The van der Waals surface area contributed by atoms with Gasteiger partial charge in [0.05, 0.1) is 5.60 Å².